The molecule has 27 heavy (non-hydrogen) atoms. The van der Waals surface area contributed by atoms with Gasteiger partial charge in [0, 0.05) is 10.0 Å². The van der Waals surface area contributed by atoms with Crippen molar-refractivity contribution >= 4 is 34.0 Å². The highest BCUT2D eigenvalue weighted by atomic mass is 79.9. The van der Waals surface area contributed by atoms with Crippen LogP contribution >= 0.6 is 15.9 Å². The number of nitrogens with one attached hydrogen (secondary N) is 1. The monoisotopic (exact) mass is 429 g/mol. The largest absolute Gasteiger partial charge is 0.488 e. The fraction of sp³-hybridized carbons (Fsp3) is 0.118. The van der Waals surface area contributed by atoms with Crippen molar-refractivity contribution in [3.8, 4) is 5.75 Å². The van der Waals surface area contributed by atoms with E-state index >= 15 is 0 Å². The minimum absolute atomic E-state index is 0.0559. The van der Waals surface area contributed by atoms with Gasteiger partial charge < -0.3 is 10.5 Å². The molecule has 0 saturated heterocycles. The van der Waals surface area contributed by atoms with E-state index in [9.17, 15) is 4.79 Å². The van der Waals surface area contributed by atoms with Crippen molar-refractivity contribution in [1.29, 1.82) is 0 Å². The molecule has 1 heterocycles. The number of benzene rings is 2. The van der Waals surface area contributed by atoms with E-state index in [-0.39, 0.29) is 12.5 Å². The van der Waals surface area contributed by atoms with Gasteiger partial charge in [0.2, 0.25) is 5.95 Å². The van der Waals surface area contributed by atoms with Crippen LogP contribution in [0.3, 0.4) is 0 Å². The van der Waals surface area contributed by atoms with Gasteiger partial charge in [-0.2, -0.15) is 5.10 Å². The smallest absolute Gasteiger partial charge is 0.261 e. The Hall–Kier alpha value is -3.27. The fourth-order valence-electron chi connectivity index (χ4n) is 2.18. The van der Waals surface area contributed by atoms with Gasteiger partial charge in [-0.15, -0.1) is 0 Å². The first kappa shape index (κ1) is 18.5. The Labute approximate surface area is 163 Å². The molecule has 0 aliphatic heterocycles. The average Bonchev–Trinajstić information content (AvgIpc) is 3.05. The van der Waals surface area contributed by atoms with Crippen molar-refractivity contribution in [3.63, 3.8) is 0 Å². The van der Waals surface area contributed by atoms with E-state index in [1.54, 1.807) is 0 Å². The number of hydrazone groups is 1. The van der Waals surface area contributed by atoms with Crippen LogP contribution in [-0.4, -0.2) is 32.3 Å². The molecule has 0 unspecified atom stereocenters. The number of amides is 1. The van der Waals surface area contributed by atoms with E-state index in [1.807, 2.05) is 48.5 Å². The van der Waals surface area contributed by atoms with Crippen molar-refractivity contribution in [2.45, 2.75) is 13.2 Å². The minimum atomic E-state index is -0.405. The van der Waals surface area contributed by atoms with Crippen molar-refractivity contribution < 1.29 is 9.53 Å². The first-order valence-electron chi connectivity index (χ1n) is 7.91. The van der Waals surface area contributed by atoms with Crippen molar-refractivity contribution in [3.05, 3.63) is 64.1 Å². The van der Waals surface area contributed by atoms with Gasteiger partial charge >= 0.3 is 0 Å². The molecule has 0 aliphatic rings. The second-order valence-electron chi connectivity index (χ2n) is 5.44. The van der Waals surface area contributed by atoms with Gasteiger partial charge in [-0.3, -0.25) is 4.79 Å². The number of carbonyl (C=O) groups excluding carboxylic acids is 1. The number of aromatic nitrogens is 4. The van der Waals surface area contributed by atoms with E-state index in [0.717, 1.165) is 15.6 Å². The van der Waals surface area contributed by atoms with Gasteiger partial charge in [-0.1, -0.05) is 45.3 Å². The van der Waals surface area contributed by atoms with Crippen LogP contribution in [0.2, 0.25) is 0 Å². The number of rotatable bonds is 7. The lowest BCUT2D eigenvalue weighted by atomic mass is 10.2. The molecule has 0 radical (unpaired) electrons. The standard InChI is InChI=1S/C17H16BrN7O2/c18-14-6-3-4-12(8-14)11-27-15-7-2-1-5-13(15)9-20-21-16(26)10-25-17(19)22-23-24-25/h1-9H,10-11H2,(H,21,26)(H2,19,22,24). The number of nitrogens with zero attached hydrogens (tertiary/aromatic N) is 5. The predicted octanol–water partition coefficient (Wildman–Crippen LogP) is 1.75. The number of hydrogen-bond donors (Lipinski definition) is 2. The van der Waals surface area contributed by atoms with E-state index < -0.39 is 5.91 Å². The molecule has 0 aliphatic carbocycles. The van der Waals surface area contributed by atoms with Crippen LogP contribution in [0.4, 0.5) is 5.95 Å². The van der Waals surface area contributed by atoms with Crippen LogP contribution in [0.1, 0.15) is 11.1 Å². The van der Waals surface area contributed by atoms with Crippen LogP contribution in [0, 0.1) is 0 Å². The Kier molecular flexibility index (Phi) is 6.10. The van der Waals surface area contributed by atoms with E-state index in [1.165, 1.54) is 10.9 Å². The Morgan fingerprint density at radius 1 is 1.30 bits per heavy atom. The molecule has 3 aromatic rings. The van der Waals surface area contributed by atoms with Gasteiger partial charge in [0.05, 0.1) is 6.21 Å². The lowest BCUT2D eigenvalue weighted by molar-refractivity contribution is -0.121. The zero-order valence-electron chi connectivity index (χ0n) is 14.1. The molecule has 0 saturated carbocycles. The van der Waals surface area contributed by atoms with E-state index in [4.69, 9.17) is 10.5 Å². The summed E-state index contributed by atoms with van der Waals surface area (Å²) in [5, 5.41) is 14.4. The maximum atomic E-state index is 11.8. The summed E-state index contributed by atoms with van der Waals surface area (Å²) in [5.41, 5.74) is 9.67. The number of carbonyl (C=O) groups is 1. The zero-order valence-corrected chi connectivity index (χ0v) is 15.7. The highest BCUT2D eigenvalue weighted by Gasteiger charge is 2.07. The molecule has 10 heteroatoms. The fourth-order valence-corrected chi connectivity index (χ4v) is 2.62. The number of halogens is 1. The lowest BCUT2D eigenvalue weighted by Gasteiger charge is -2.09. The SMILES string of the molecule is Nc1nnnn1CC(=O)NN=Cc1ccccc1OCc1cccc(Br)c1. The number of nitrogens with two attached hydrogens (primary N) is 1. The van der Waals surface area contributed by atoms with Crippen LogP contribution in [0.5, 0.6) is 5.75 Å². The summed E-state index contributed by atoms with van der Waals surface area (Å²) >= 11 is 3.44. The summed E-state index contributed by atoms with van der Waals surface area (Å²) in [6.07, 6.45) is 1.51. The van der Waals surface area contributed by atoms with Crippen molar-refractivity contribution in [1.82, 2.24) is 25.6 Å². The maximum Gasteiger partial charge on any atom is 0.261 e. The first-order chi connectivity index (χ1) is 13.1. The number of anilines is 1. The Morgan fingerprint density at radius 2 is 2.15 bits per heavy atom. The minimum Gasteiger partial charge on any atom is -0.488 e. The zero-order chi connectivity index (χ0) is 19.1. The molecule has 0 bridgehead atoms. The molecular weight excluding hydrogens is 414 g/mol. The summed E-state index contributed by atoms with van der Waals surface area (Å²) < 4.78 is 8.02. The average molecular weight is 430 g/mol. The summed E-state index contributed by atoms with van der Waals surface area (Å²) in [6.45, 7) is 0.284. The second kappa shape index (κ2) is 8.90. The van der Waals surface area contributed by atoms with Crippen LogP contribution in [0.25, 0.3) is 0 Å². The molecule has 0 spiro atoms. The van der Waals surface area contributed by atoms with Gasteiger partial charge in [-0.25, -0.2) is 10.1 Å². The third kappa shape index (κ3) is 5.35. The summed E-state index contributed by atoms with van der Waals surface area (Å²) in [5.74, 6) is 0.304. The van der Waals surface area contributed by atoms with Crippen molar-refractivity contribution in [2.75, 3.05) is 5.73 Å². The van der Waals surface area contributed by atoms with Gasteiger partial charge in [0.15, 0.2) is 0 Å². The van der Waals surface area contributed by atoms with Gasteiger partial charge in [0.25, 0.3) is 5.91 Å². The van der Waals surface area contributed by atoms with E-state index in [2.05, 4.69) is 42.0 Å². The molecular formula is C17H16BrN7O2. The number of tetrazole rings is 1. The molecule has 0 fully saturated rings. The number of para-hydroxylation sites is 1. The molecule has 3 N–H and O–H groups in total. The topological polar surface area (TPSA) is 120 Å². The van der Waals surface area contributed by atoms with Crippen LogP contribution in [0.15, 0.2) is 58.1 Å². The highest BCUT2D eigenvalue weighted by molar-refractivity contribution is 9.10. The summed E-state index contributed by atoms with van der Waals surface area (Å²) in [7, 11) is 0. The van der Waals surface area contributed by atoms with Gasteiger partial charge in [-0.05, 0) is 40.3 Å². The molecule has 1 amide bonds. The lowest BCUT2D eigenvalue weighted by Crippen LogP contribution is -2.24. The Balaban J connectivity index is 1.59. The molecule has 2 aromatic carbocycles. The number of nitrogen functional groups attached to an aromatic ring is 1. The maximum absolute atomic E-state index is 11.8. The predicted molar refractivity (Wildman–Crippen MR) is 103 cm³/mol. The quantitative estimate of drug-likeness (QED) is 0.435. The Morgan fingerprint density at radius 3 is 2.93 bits per heavy atom. The second-order valence-corrected chi connectivity index (χ2v) is 6.36. The van der Waals surface area contributed by atoms with Crippen LogP contribution in [-0.2, 0) is 17.9 Å². The van der Waals surface area contributed by atoms with Crippen molar-refractivity contribution in [2.24, 2.45) is 5.10 Å². The van der Waals surface area contributed by atoms with E-state index in [0.29, 0.717) is 12.4 Å². The molecule has 3 rings (SSSR count). The molecule has 138 valence electrons. The number of hydrogen-bond acceptors (Lipinski definition) is 7. The van der Waals surface area contributed by atoms with Gasteiger partial charge in [0.1, 0.15) is 18.9 Å². The third-order valence-electron chi connectivity index (χ3n) is 3.45. The third-order valence-corrected chi connectivity index (χ3v) is 3.94. The first-order valence-corrected chi connectivity index (χ1v) is 8.71. The normalized spacial score (nSPS) is 10.9. The number of ether oxygens (including phenoxy) is 1. The van der Waals surface area contributed by atoms with Crippen LogP contribution < -0.4 is 15.9 Å². The summed E-state index contributed by atoms with van der Waals surface area (Å²) in [6, 6.07) is 15.3. The molecule has 0 atom stereocenters. The Bertz CT molecular complexity index is 958. The molecule has 1 aromatic heterocycles. The molecule has 9 nitrogen and oxygen atoms in total. The summed E-state index contributed by atoms with van der Waals surface area (Å²) in [4.78, 5) is 11.8. The highest BCUT2D eigenvalue weighted by Crippen LogP contribution is 2.19.